The molecular weight excluding hydrogens is 300 g/mol. The molecule has 0 amide bonds. The van der Waals surface area contributed by atoms with Crippen LogP contribution < -0.4 is 5.48 Å². The van der Waals surface area contributed by atoms with Gasteiger partial charge in [0.25, 0.3) is 0 Å². The van der Waals surface area contributed by atoms with Gasteiger partial charge in [-0.05, 0) is 12.8 Å². The van der Waals surface area contributed by atoms with Gasteiger partial charge >= 0.3 is 0 Å². The molecule has 0 radical (unpaired) electrons. The molecule has 4 heteroatoms. The molecule has 0 saturated heterocycles. The number of hydrogen-bond donors (Lipinski definition) is 2. The van der Waals surface area contributed by atoms with E-state index >= 15 is 0 Å². The molecular formula is C20H22N2O2. The van der Waals surface area contributed by atoms with Crippen LogP contribution in [0.5, 0.6) is 0 Å². The van der Waals surface area contributed by atoms with Gasteiger partial charge in [-0.1, -0.05) is 67.1 Å². The van der Waals surface area contributed by atoms with Crippen molar-refractivity contribution in [1.29, 1.82) is 0 Å². The van der Waals surface area contributed by atoms with E-state index in [9.17, 15) is 0 Å². The summed E-state index contributed by atoms with van der Waals surface area (Å²) in [4.78, 5) is 4.74. The fourth-order valence-electron chi connectivity index (χ4n) is 2.71. The molecule has 0 fully saturated rings. The lowest BCUT2D eigenvalue weighted by Crippen LogP contribution is -2.08. The van der Waals surface area contributed by atoms with E-state index in [-0.39, 0.29) is 0 Å². The minimum atomic E-state index is 0.621. The van der Waals surface area contributed by atoms with Gasteiger partial charge in [-0.3, -0.25) is 0 Å². The van der Waals surface area contributed by atoms with Gasteiger partial charge in [0.15, 0.2) is 11.7 Å². The second kappa shape index (κ2) is 8.43. The van der Waals surface area contributed by atoms with Crippen LogP contribution in [0.25, 0.3) is 22.6 Å². The highest BCUT2D eigenvalue weighted by Gasteiger charge is 2.16. The summed E-state index contributed by atoms with van der Waals surface area (Å²) < 4.78 is 6.09. The molecule has 24 heavy (non-hydrogen) atoms. The number of aromatic nitrogens is 1. The zero-order valence-electron chi connectivity index (χ0n) is 13.6. The quantitative estimate of drug-likeness (QED) is 0.466. The van der Waals surface area contributed by atoms with Crippen molar-refractivity contribution in [3.63, 3.8) is 0 Å². The molecule has 0 aliphatic carbocycles. The number of hydrogen-bond acceptors (Lipinski definition) is 4. The first-order chi connectivity index (χ1) is 11.9. The smallest absolute Gasteiger partial charge is 0.195 e. The van der Waals surface area contributed by atoms with Crippen LogP contribution in [0.3, 0.4) is 0 Å². The Morgan fingerprint density at radius 3 is 2.17 bits per heavy atom. The van der Waals surface area contributed by atoms with Gasteiger partial charge in [-0.25, -0.2) is 10.5 Å². The minimum Gasteiger partial charge on any atom is -0.440 e. The maximum absolute atomic E-state index is 8.59. The van der Waals surface area contributed by atoms with Crippen LogP contribution in [0.2, 0.25) is 0 Å². The van der Waals surface area contributed by atoms with Gasteiger partial charge in [0, 0.05) is 24.1 Å². The molecule has 3 rings (SSSR count). The lowest BCUT2D eigenvalue weighted by Gasteiger charge is -2.00. The van der Waals surface area contributed by atoms with Crippen LogP contribution in [0.15, 0.2) is 65.1 Å². The van der Waals surface area contributed by atoms with E-state index < -0.39 is 0 Å². The zero-order chi connectivity index (χ0) is 16.6. The van der Waals surface area contributed by atoms with Gasteiger partial charge < -0.3 is 9.62 Å². The highest BCUT2D eigenvalue weighted by atomic mass is 16.5. The topological polar surface area (TPSA) is 58.3 Å². The zero-order valence-corrected chi connectivity index (χ0v) is 13.6. The summed E-state index contributed by atoms with van der Waals surface area (Å²) >= 11 is 0. The lowest BCUT2D eigenvalue weighted by atomic mass is 10.1. The Morgan fingerprint density at radius 2 is 1.50 bits per heavy atom. The van der Waals surface area contributed by atoms with E-state index in [1.807, 2.05) is 48.5 Å². The predicted molar refractivity (Wildman–Crippen MR) is 94.7 cm³/mol. The van der Waals surface area contributed by atoms with Crippen molar-refractivity contribution >= 4 is 0 Å². The van der Waals surface area contributed by atoms with Crippen LogP contribution in [-0.2, 0) is 6.42 Å². The van der Waals surface area contributed by atoms with Gasteiger partial charge in [-0.15, -0.1) is 0 Å². The van der Waals surface area contributed by atoms with E-state index in [0.717, 1.165) is 54.2 Å². The van der Waals surface area contributed by atoms with Crippen LogP contribution in [0.4, 0.5) is 0 Å². The second-order valence-corrected chi connectivity index (χ2v) is 5.74. The highest BCUT2D eigenvalue weighted by molar-refractivity contribution is 5.76. The van der Waals surface area contributed by atoms with Crippen LogP contribution >= 0.6 is 0 Å². The van der Waals surface area contributed by atoms with E-state index in [0.29, 0.717) is 6.54 Å². The van der Waals surface area contributed by atoms with Crippen molar-refractivity contribution in [1.82, 2.24) is 10.5 Å². The molecule has 1 aromatic heterocycles. The Balaban J connectivity index is 1.83. The predicted octanol–water partition coefficient (Wildman–Crippen LogP) is 4.70. The van der Waals surface area contributed by atoms with Gasteiger partial charge in [0.05, 0.1) is 0 Å². The molecule has 124 valence electrons. The van der Waals surface area contributed by atoms with Crippen molar-refractivity contribution in [2.45, 2.75) is 25.7 Å². The Hall–Kier alpha value is -2.43. The van der Waals surface area contributed by atoms with Crippen molar-refractivity contribution < 1.29 is 9.62 Å². The summed E-state index contributed by atoms with van der Waals surface area (Å²) in [6, 6.07) is 20.2. The summed E-state index contributed by atoms with van der Waals surface area (Å²) in [6.07, 6.45) is 3.76. The molecule has 3 aromatic rings. The van der Waals surface area contributed by atoms with Crippen molar-refractivity contribution in [3.05, 3.63) is 66.6 Å². The third-order valence-corrected chi connectivity index (χ3v) is 3.93. The van der Waals surface area contributed by atoms with Crippen molar-refractivity contribution in [3.8, 4) is 22.6 Å². The maximum atomic E-state index is 8.59. The number of unbranched alkanes of at least 4 members (excludes halogenated alkanes) is 2. The molecule has 2 N–H and O–H groups in total. The minimum absolute atomic E-state index is 0.621. The summed E-state index contributed by atoms with van der Waals surface area (Å²) in [7, 11) is 0. The number of oxazole rings is 1. The van der Waals surface area contributed by atoms with Gasteiger partial charge in [-0.2, -0.15) is 0 Å². The first-order valence-electron chi connectivity index (χ1n) is 8.36. The van der Waals surface area contributed by atoms with Crippen LogP contribution in [0, 0.1) is 0 Å². The fourth-order valence-corrected chi connectivity index (χ4v) is 2.71. The highest BCUT2D eigenvalue weighted by Crippen LogP contribution is 2.32. The summed E-state index contributed by atoms with van der Waals surface area (Å²) in [5.74, 6) is 1.60. The second-order valence-electron chi connectivity index (χ2n) is 5.74. The van der Waals surface area contributed by atoms with E-state index in [4.69, 9.17) is 14.6 Å². The third kappa shape index (κ3) is 4.10. The summed E-state index contributed by atoms with van der Waals surface area (Å²) in [6.45, 7) is 0.621. The molecule has 0 saturated carbocycles. The summed E-state index contributed by atoms with van der Waals surface area (Å²) in [5, 5.41) is 8.59. The monoisotopic (exact) mass is 322 g/mol. The number of nitrogens with one attached hydrogen (secondary N) is 1. The largest absolute Gasteiger partial charge is 0.440 e. The number of benzene rings is 2. The van der Waals surface area contributed by atoms with E-state index in [1.165, 1.54) is 0 Å². The maximum Gasteiger partial charge on any atom is 0.195 e. The SMILES string of the molecule is ONCCCCCc1nc(-c2ccccc2)c(-c2ccccc2)o1. The van der Waals surface area contributed by atoms with E-state index in [1.54, 1.807) is 0 Å². The first kappa shape index (κ1) is 16.4. The standard InChI is InChI=1S/C20H22N2O2/c23-21-15-9-3-8-14-18-22-19(16-10-4-1-5-11-16)20(24-18)17-12-6-2-7-13-17/h1-2,4-7,10-13,21,23H,3,8-9,14-15H2. The molecule has 0 aliphatic rings. The van der Waals surface area contributed by atoms with Gasteiger partial charge in [0.2, 0.25) is 0 Å². The fraction of sp³-hybridized carbons (Fsp3) is 0.250. The molecule has 0 bridgehead atoms. The van der Waals surface area contributed by atoms with Gasteiger partial charge in [0.1, 0.15) is 5.69 Å². The first-order valence-corrected chi connectivity index (χ1v) is 8.36. The number of aryl methyl sites for hydroxylation is 1. The lowest BCUT2D eigenvalue weighted by molar-refractivity contribution is 0.164. The molecule has 0 atom stereocenters. The normalized spacial score (nSPS) is 10.9. The molecule has 0 spiro atoms. The summed E-state index contributed by atoms with van der Waals surface area (Å²) in [5.41, 5.74) is 5.19. The van der Waals surface area contributed by atoms with E-state index in [2.05, 4.69) is 17.6 Å². The third-order valence-electron chi connectivity index (χ3n) is 3.93. The van der Waals surface area contributed by atoms with Crippen molar-refractivity contribution in [2.24, 2.45) is 0 Å². The van der Waals surface area contributed by atoms with Crippen molar-refractivity contribution in [2.75, 3.05) is 6.54 Å². The molecule has 0 aliphatic heterocycles. The average molecular weight is 322 g/mol. The average Bonchev–Trinajstić information content (AvgIpc) is 3.07. The van der Waals surface area contributed by atoms with Crippen LogP contribution in [0.1, 0.15) is 25.2 Å². The molecule has 0 unspecified atom stereocenters. The molecule has 4 nitrogen and oxygen atoms in total. The number of rotatable bonds is 8. The Kier molecular flexibility index (Phi) is 5.77. The number of nitrogens with zero attached hydrogens (tertiary/aromatic N) is 1. The molecule has 1 heterocycles. The number of hydroxylamine groups is 1. The Labute approximate surface area is 142 Å². The molecule has 2 aromatic carbocycles. The Morgan fingerprint density at radius 1 is 0.833 bits per heavy atom. The van der Waals surface area contributed by atoms with Crippen LogP contribution in [-0.4, -0.2) is 16.7 Å². The Bertz CT molecular complexity index is 682.